The smallest absolute Gasteiger partial charge is 0.255 e. The molecule has 2 aromatic heterocycles. The maximum atomic E-state index is 14.0. The minimum absolute atomic E-state index is 0.126. The van der Waals surface area contributed by atoms with E-state index in [1.165, 1.54) is 20.0 Å². The first-order valence-electron chi connectivity index (χ1n) is 10.2. The van der Waals surface area contributed by atoms with Crippen LogP contribution in [0.5, 0.6) is 0 Å². The second-order valence-corrected chi connectivity index (χ2v) is 8.95. The number of alkyl halides is 1. The third kappa shape index (κ3) is 5.89. The van der Waals surface area contributed by atoms with E-state index in [1.54, 1.807) is 22.9 Å². The molecule has 4 N–H and O–H groups in total. The number of aromatic nitrogens is 2. The zero-order chi connectivity index (χ0) is 22.6. The number of benzene rings is 1. The highest BCUT2D eigenvalue weighted by Gasteiger charge is 2.27. The lowest BCUT2D eigenvalue weighted by atomic mass is 10.0. The number of thiazole rings is 1. The minimum atomic E-state index is -1.59. The summed E-state index contributed by atoms with van der Waals surface area (Å²) in [6.07, 6.45) is 0.739. The molecule has 9 heteroatoms. The van der Waals surface area contributed by atoms with Gasteiger partial charge in [-0.05, 0) is 45.4 Å². The number of carbonyl (C=O) groups is 1. The van der Waals surface area contributed by atoms with Crippen LogP contribution < -0.4 is 16.0 Å². The van der Waals surface area contributed by atoms with E-state index < -0.39 is 17.7 Å². The summed E-state index contributed by atoms with van der Waals surface area (Å²) >= 11 is 1.56. The molecule has 0 aliphatic heterocycles. The van der Waals surface area contributed by atoms with Crippen molar-refractivity contribution in [1.82, 2.24) is 15.3 Å². The predicted molar refractivity (Wildman–Crippen MR) is 124 cm³/mol. The molecule has 166 valence electrons. The number of aliphatic hydroxyl groups is 1. The Morgan fingerprint density at radius 2 is 2.06 bits per heavy atom. The summed E-state index contributed by atoms with van der Waals surface area (Å²) in [5, 5.41) is 18.9. The Morgan fingerprint density at radius 1 is 1.29 bits per heavy atom. The molecule has 0 radical (unpaired) electrons. The van der Waals surface area contributed by atoms with Gasteiger partial charge in [0, 0.05) is 24.0 Å². The molecule has 1 amide bonds. The molecule has 3 rings (SSSR count). The summed E-state index contributed by atoms with van der Waals surface area (Å²) in [6, 6.07) is 7.74. The highest BCUT2D eigenvalue weighted by molar-refractivity contribution is 7.16. The molecule has 7 nitrogen and oxygen atoms in total. The minimum Gasteiger partial charge on any atom is -0.387 e. The molecule has 31 heavy (non-hydrogen) atoms. The number of amides is 1. The standard InChI is InChI=1S/C22H28FN5O2S/c1-5-13(2)27-17-9-20(28-14-6-7-16-18(8-14)31-12-26-16)24-10-15(17)21(29)25-11-19(23)22(3,4)30/h6-10,12-13,19,30H,5,11H2,1-4H3,(H,25,29)(H2,24,27,28). The van der Waals surface area contributed by atoms with E-state index in [4.69, 9.17) is 0 Å². The molecule has 2 atom stereocenters. The van der Waals surface area contributed by atoms with Crippen LogP contribution in [0.25, 0.3) is 10.2 Å². The van der Waals surface area contributed by atoms with Gasteiger partial charge in [0.2, 0.25) is 0 Å². The van der Waals surface area contributed by atoms with E-state index >= 15 is 0 Å². The molecule has 0 aliphatic rings. The second kappa shape index (κ2) is 9.57. The van der Waals surface area contributed by atoms with Crippen molar-refractivity contribution in [2.45, 2.75) is 51.9 Å². The molecule has 0 spiro atoms. The number of anilines is 3. The fraction of sp³-hybridized carbons (Fsp3) is 0.409. The van der Waals surface area contributed by atoms with Crippen molar-refractivity contribution in [3.8, 4) is 0 Å². The third-order valence-corrected chi connectivity index (χ3v) is 5.77. The van der Waals surface area contributed by atoms with Crippen molar-refractivity contribution in [1.29, 1.82) is 0 Å². The molecular formula is C22H28FN5O2S. The number of carbonyl (C=O) groups excluding carboxylic acids is 1. The summed E-state index contributed by atoms with van der Waals surface area (Å²) < 4.78 is 15.1. The fourth-order valence-corrected chi connectivity index (χ4v) is 3.52. The van der Waals surface area contributed by atoms with E-state index in [1.807, 2.05) is 32.0 Å². The zero-order valence-corrected chi connectivity index (χ0v) is 18.9. The summed E-state index contributed by atoms with van der Waals surface area (Å²) in [5.41, 5.74) is 2.98. The molecule has 0 saturated heterocycles. The lowest BCUT2D eigenvalue weighted by Crippen LogP contribution is -2.42. The van der Waals surface area contributed by atoms with Gasteiger partial charge in [0.25, 0.3) is 5.91 Å². The Labute approximate surface area is 185 Å². The average Bonchev–Trinajstić information content (AvgIpc) is 3.19. The van der Waals surface area contributed by atoms with Crippen molar-refractivity contribution in [2.75, 3.05) is 17.2 Å². The highest BCUT2D eigenvalue weighted by Crippen LogP contribution is 2.26. The van der Waals surface area contributed by atoms with Gasteiger partial charge < -0.3 is 21.1 Å². The maximum Gasteiger partial charge on any atom is 0.255 e. The van der Waals surface area contributed by atoms with Crippen LogP contribution in [0.3, 0.4) is 0 Å². The van der Waals surface area contributed by atoms with Crippen LogP contribution >= 0.6 is 11.3 Å². The molecule has 0 saturated carbocycles. The molecule has 2 unspecified atom stereocenters. The van der Waals surface area contributed by atoms with Gasteiger partial charge in [0.15, 0.2) is 0 Å². The Kier molecular flexibility index (Phi) is 7.07. The highest BCUT2D eigenvalue weighted by atomic mass is 32.1. The van der Waals surface area contributed by atoms with Gasteiger partial charge in [-0.25, -0.2) is 14.4 Å². The number of halogens is 1. The van der Waals surface area contributed by atoms with Crippen molar-refractivity contribution in [2.24, 2.45) is 0 Å². The first-order chi connectivity index (χ1) is 14.7. The lowest BCUT2D eigenvalue weighted by Gasteiger charge is -2.23. The van der Waals surface area contributed by atoms with E-state index in [0.717, 1.165) is 22.3 Å². The van der Waals surface area contributed by atoms with Crippen molar-refractivity contribution < 1.29 is 14.3 Å². The number of pyridine rings is 1. The molecule has 0 fully saturated rings. The molecule has 0 bridgehead atoms. The summed E-state index contributed by atoms with van der Waals surface area (Å²) in [6.45, 7) is 6.49. The van der Waals surface area contributed by atoms with E-state index in [9.17, 15) is 14.3 Å². The largest absolute Gasteiger partial charge is 0.387 e. The first kappa shape index (κ1) is 22.9. The van der Waals surface area contributed by atoms with Crippen molar-refractivity contribution in [3.63, 3.8) is 0 Å². The summed E-state index contributed by atoms with van der Waals surface area (Å²) in [5.74, 6) is 0.119. The molecule has 3 aromatic rings. The van der Waals surface area contributed by atoms with Crippen LogP contribution in [-0.4, -0.2) is 45.3 Å². The fourth-order valence-electron chi connectivity index (χ4n) is 2.80. The number of nitrogens with zero attached hydrogens (tertiary/aromatic N) is 2. The van der Waals surface area contributed by atoms with Crippen LogP contribution in [0.15, 0.2) is 36.0 Å². The normalized spacial score (nSPS) is 13.6. The average molecular weight is 446 g/mol. The lowest BCUT2D eigenvalue weighted by molar-refractivity contribution is -0.00177. The first-order valence-corrected chi connectivity index (χ1v) is 11.1. The van der Waals surface area contributed by atoms with Gasteiger partial charge >= 0.3 is 0 Å². The monoisotopic (exact) mass is 445 g/mol. The third-order valence-electron chi connectivity index (χ3n) is 4.97. The van der Waals surface area contributed by atoms with E-state index in [2.05, 4.69) is 25.9 Å². The maximum absolute atomic E-state index is 14.0. The predicted octanol–water partition coefficient (Wildman–Crippen LogP) is 4.48. The number of rotatable bonds is 9. The van der Waals surface area contributed by atoms with Gasteiger partial charge in [-0.2, -0.15) is 0 Å². The number of hydrogen-bond donors (Lipinski definition) is 4. The molecule has 2 heterocycles. The summed E-state index contributed by atoms with van der Waals surface area (Å²) in [4.78, 5) is 21.3. The van der Waals surface area contributed by atoms with E-state index in [-0.39, 0.29) is 12.6 Å². The molecule has 1 aromatic carbocycles. The second-order valence-electron chi connectivity index (χ2n) is 8.06. The van der Waals surface area contributed by atoms with Crippen LogP contribution in [0, 0.1) is 0 Å². The van der Waals surface area contributed by atoms with Crippen molar-refractivity contribution >= 4 is 44.7 Å². The number of nitrogens with one attached hydrogen (secondary N) is 3. The van der Waals surface area contributed by atoms with Crippen LogP contribution in [0.2, 0.25) is 0 Å². The Hall–Kier alpha value is -2.78. The van der Waals surface area contributed by atoms with E-state index in [0.29, 0.717) is 17.1 Å². The van der Waals surface area contributed by atoms with Gasteiger partial charge in [0.1, 0.15) is 12.0 Å². The molecular weight excluding hydrogens is 417 g/mol. The van der Waals surface area contributed by atoms with Crippen molar-refractivity contribution in [3.05, 3.63) is 41.5 Å². The Bertz CT molecular complexity index is 1050. The quantitative estimate of drug-likeness (QED) is 0.387. The topological polar surface area (TPSA) is 99.2 Å². The van der Waals surface area contributed by atoms with Crippen LogP contribution in [0.4, 0.5) is 21.6 Å². The SMILES string of the molecule is CCC(C)Nc1cc(Nc2ccc3ncsc3c2)ncc1C(=O)NCC(F)C(C)(C)O. The van der Waals surface area contributed by atoms with Gasteiger partial charge in [-0.1, -0.05) is 6.92 Å². The summed E-state index contributed by atoms with van der Waals surface area (Å²) in [7, 11) is 0. The van der Waals surface area contributed by atoms with Crippen LogP contribution in [-0.2, 0) is 0 Å². The zero-order valence-electron chi connectivity index (χ0n) is 18.1. The van der Waals surface area contributed by atoms with Crippen LogP contribution in [0.1, 0.15) is 44.5 Å². The van der Waals surface area contributed by atoms with Gasteiger partial charge in [-0.3, -0.25) is 4.79 Å². The number of hydrogen-bond acceptors (Lipinski definition) is 7. The van der Waals surface area contributed by atoms with Gasteiger partial charge in [-0.15, -0.1) is 11.3 Å². The Balaban J connectivity index is 1.81. The Morgan fingerprint density at radius 3 is 2.77 bits per heavy atom. The van der Waals surface area contributed by atoms with Gasteiger partial charge in [0.05, 0.1) is 39.1 Å². The molecule has 0 aliphatic carbocycles. The number of fused-ring (bicyclic) bond motifs is 1.